The van der Waals surface area contributed by atoms with Crippen molar-refractivity contribution in [2.45, 2.75) is 19.5 Å². The number of nitrogens with zero attached hydrogens (tertiary/aromatic N) is 3. The summed E-state index contributed by atoms with van der Waals surface area (Å²) in [6.45, 7) is 6.34. The number of fused-ring (bicyclic) bond motifs is 6. The van der Waals surface area contributed by atoms with Crippen molar-refractivity contribution in [1.29, 1.82) is 0 Å². The molecule has 2 aliphatic rings. The molecule has 42 heavy (non-hydrogen) atoms. The number of rotatable bonds is 4. The lowest BCUT2D eigenvalue weighted by atomic mass is 9.90. The third-order valence-corrected chi connectivity index (χ3v) is 8.66. The predicted octanol–water partition coefficient (Wildman–Crippen LogP) is 8.32. The van der Waals surface area contributed by atoms with Crippen LogP contribution < -0.4 is 14.0 Å². The monoisotopic (exact) mass is 541 g/mol. The van der Waals surface area contributed by atoms with Gasteiger partial charge in [-0.15, -0.1) is 0 Å². The zero-order valence-corrected chi connectivity index (χ0v) is 23.4. The highest BCUT2D eigenvalue weighted by Crippen LogP contribution is 2.46. The molecule has 200 valence electrons. The number of hydrogen-bond donors (Lipinski definition) is 0. The van der Waals surface area contributed by atoms with E-state index in [2.05, 4.69) is 160 Å². The van der Waals surface area contributed by atoms with Crippen molar-refractivity contribution >= 4 is 22.6 Å². The summed E-state index contributed by atoms with van der Waals surface area (Å²) in [5.41, 5.74) is 14.7. The van der Waals surface area contributed by atoms with E-state index in [0.717, 1.165) is 30.8 Å². The van der Waals surface area contributed by atoms with E-state index in [0.29, 0.717) is 0 Å². The molecule has 2 aliphatic heterocycles. The average Bonchev–Trinajstić information content (AvgIpc) is 3.06. The topological polar surface area (TPSA) is 11.0 Å². The molecule has 4 aromatic carbocycles. The number of benzene rings is 4. The van der Waals surface area contributed by atoms with Gasteiger partial charge in [0.25, 0.3) is 0 Å². The largest absolute Gasteiger partial charge is 0.310 e. The minimum atomic E-state index is 0.776. The lowest BCUT2D eigenvalue weighted by Gasteiger charge is -2.32. The lowest BCUT2D eigenvalue weighted by molar-refractivity contribution is -0.687. The van der Waals surface area contributed by atoms with Crippen LogP contribution in [0, 0.1) is 0 Å². The normalized spacial score (nSPS) is 13.0. The maximum absolute atomic E-state index is 4.60. The highest BCUT2D eigenvalue weighted by Gasteiger charge is 2.32. The molecule has 8 rings (SSSR count). The first-order chi connectivity index (χ1) is 20.8. The summed E-state index contributed by atoms with van der Waals surface area (Å²) in [6.07, 6.45) is 5.32. The van der Waals surface area contributed by atoms with Crippen molar-refractivity contribution in [2.75, 3.05) is 4.90 Å². The summed E-state index contributed by atoms with van der Waals surface area (Å²) in [4.78, 5) is 2.47. The van der Waals surface area contributed by atoms with Gasteiger partial charge in [0.1, 0.15) is 0 Å². The second kappa shape index (κ2) is 9.97. The van der Waals surface area contributed by atoms with Gasteiger partial charge in [0, 0.05) is 47.5 Å². The maximum Gasteiger partial charge on any atom is 0.213 e. The van der Waals surface area contributed by atoms with Crippen LogP contribution in [0.2, 0.25) is 0 Å². The summed E-state index contributed by atoms with van der Waals surface area (Å²) >= 11 is 0. The van der Waals surface area contributed by atoms with Crippen molar-refractivity contribution in [1.82, 2.24) is 0 Å². The fraction of sp³-hybridized carbons (Fsp3) is 0.0769. The smallest absolute Gasteiger partial charge is 0.213 e. The summed E-state index contributed by atoms with van der Waals surface area (Å²) in [6, 6.07) is 46.0. The molecule has 0 bridgehead atoms. The molecule has 3 nitrogen and oxygen atoms in total. The van der Waals surface area contributed by atoms with E-state index in [1.807, 2.05) is 0 Å². The Morgan fingerprint density at radius 3 is 1.98 bits per heavy atom. The molecule has 4 heterocycles. The van der Waals surface area contributed by atoms with Crippen molar-refractivity contribution < 1.29 is 9.13 Å². The Kier molecular flexibility index (Phi) is 5.82. The van der Waals surface area contributed by atoms with Gasteiger partial charge in [-0.25, -0.2) is 0 Å². The van der Waals surface area contributed by atoms with Crippen LogP contribution >= 0.6 is 0 Å². The van der Waals surface area contributed by atoms with E-state index in [4.69, 9.17) is 0 Å². The highest BCUT2D eigenvalue weighted by atomic mass is 15.2. The fourth-order valence-electron chi connectivity index (χ4n) is 6.73. The third-order valence-electron chi connectivity index (χ3n) is 8.66. The summed E-state index contributed by atoms with van der Waals surface area (Å²) in [5, 5.41) is 0. The second-order valence-electron chi connectivity index (χ2n) is 11.1. The lowest BCUT2D eigenvalue weighted by Crippen LogP contribution is -2.40. The van der Waals surface area contributed by atoms with Crippen LogP contribution in [-0.4, -0.2) is 0 Å². The van der Waals surface area contributed by atoms with E-state index in [9.17, 15) is 0 Å². The van der Waals surface area contributed by atoms with E-state index in [1.165, 1.54) is 56.1 Å². The van der Waals surface area contributed by atoms with Crippen LogP contribution in [0.1, 0.15) is 11.1 Å². The van der Waals surface area contributed by atoms with Gasteiger partial charge < -0.3 is 4.90 Å². The van der Waals surface area contributed by atoms with E-state index < -0.39 is 0 Å². The van der Waals surface area contributed by atoms with Crippen molar-refractivity contribution in [3.8, 4) is 33.6 Å². The zero-order valence-electron chi connectivity index (χ0n) is 23.4. The van der Waals surface area contributed by atoms with Crippen LogP contribution in [0.3, 0.4) is 0 Å². The standard InChI is InChI=1S/C39H31N3/c1-28-27-41-25-8-6-16-36(41)34-14-10-18-38(39(28)34)42(31-21-19-30(20-22-31)29-11-3-2-4-12-29)37-17-9-13-32-33(37)23-26-40-24-7-5-15-35(32)40/h2-22,24-25H,1,23,26-27H2/q+2. The van der Waals surface area contributed by atoms with Gasteiger partial charge in [-0.2, -0.15) is 9.13 Å². The Labute approximate surface area is 246 Å². The molecule has 0 unspecified atom stereocenters. The molecular weight excluding hydrogens is 510 g/mol. The van der Waals surface area contributed by atoms with Gasteiger partial charge in [0.05, 0.1) is 22.5 Å². The molecule has 0 spiro atoms. The number of hydrogen-bond acceptors (Lipinski definition) is 1. The molecule has 0 fully saturated rings. The molecular formula is C39H31N3+2. The molecule has 0 radical (unpaired) electrons. The molecule has 3 heteroatoms. The number of aromatic nitrogens is 2. The number of pyridine rings is 2. The minimum absolute atomic E-state index is 0.776. The van der Waals surface area contributed by atoms with Crippen molar-refractivity contribution in [3.63, 3.8) is 0 Å². The molecule has 0 amide bonds. The fourth-order valence-corrected chi connectivity index (χ4v) is 6.73. The van der Waals surface area contributed by atoms with Crippen LogP contribution in [-0.2, 0) is 19.5 Å². The molecule has 2 aromatic heterocycles. The minimum Gasteiger partial charge on any atom is -0.310 e. The Balaban J connectivity index is 1.36. The summed E-state index contributed by atoms with van der Waals surface area (Å²) in [5.74, 6) is 0. The Hall–Kier alpha value is -5.28. The molecule has 0 N–H and O–H groups in total. The van der Waals surface area contributed by atoms with Crippen LogP contribution in [0.25, 0.3) is 39.2 Å². The molecule has 0 saturated carbocycles. The first-order valence-electron chi connectivity index (χ1n) is 14.6. The average molecular weight is 542 g/mol. The highest BCUT2D eigenvalue weighted by molar-refractivity contribution is 5.94. The van der Waals surface area contributed by atoms with E-state index >= 15 is 0 Å². The quantitative estimate of drug-likeness (QED) is 0.204. The Bertz CT molecular complexity index is 1970. The number of aryl methyl sites for hydroxylation is 1. The van der Waals surface area contributed by atoms with Gasteiger partial charge in [-0.05, 0) is 65.2 Å². The number of allylic oxidation sites excluding steroid dienone is 1. The van der Waals surface area contributed by atoms with Gasteiger partial charge in [0.2, 0.25) is 11.4 Å². The molecule has 0 aliphatic carbocycles. The van der Waals surface area contributed by atoms with E-state index in [1.54, 1.807) is 0 Å². The molecule has 6 aromatic rings. The molecule has 0 saturated heterocycles. The third kappa shape index (κ3) is 3.97. The first-order valence-corrected chi connectivity index (χ1v) is 14.6. The van der Waals surface area contributed by atoms with Crippen LogP contribution in [0.15, 0.2) is 146 Å². The van der Waals surface area contributed by atoms with E-state index in [-0.39, 0.29) is 0 Å². The summed E-state index contributed by atoms with van der Waals surface area (Å²) < 4.78 is 4.66. The van der Waals surface area contributed by atoms with Crippen molar-refractivity contribution in [3.05, 3.63) is 157 Å². The second-order valence-corrected chi connectivity index (χ2v) is 11.1. The summed E-state index contributed by atoms with van der Waals surface area (Å²) in [7, 11) is 0. The zero-order chi connectivity index (χ0) is 28.0. The Morgan fingerprint density at radius 1 is 0.548 bits per heavy atom. The molecule has 0 atom stereocenters. The van der Waals surface area contributed by atoms with Gasteiger partial charge in [-0.3, -0.25) is 0 Å². The van der Waals surface area contributed by atoms with Crippen molar-refractivity contribution in [2.24, 2.45) is 0 Å². The van der Waals surface area contributed by atoms with Gasteiger partial charge in [-0.1, -0.05) is 61.2 Å². The maximum atomic E-state index is 4.60. The number of anilines is 3. The Morgan fingerprint density at radius 2 is 1.19 bits per heavy atom. The SMILES string of the molecule is C=C1C[n+]2ccccc2-c2cccc(N(c3ccc(-c4ccccc4)cc3)c3cccc4c3CC[n+]3ccccc3-4)c21. The van der Waals surface area contributed by atoms with Crippen LogP contribution in [0.4, 0.5) is 17.1 Å². The van der Waals surface area contributed by atoms with Gasteiger partial charge >= 0.3 is 0 Å². The first kappa shape index (κ1) is 24.5. The van der Waals surface area contributed by atoms with Gasteiger partial charge in [0.15, 0.2) is 25.5 Å². The predicted molar refractivity (Wildman–Crippen MR) is 171 cm³/mol. The van der Waals surface area contributed by atoms with Crippen LogP contribution in [0.5, 0.6) is 0 Å².